The van der Waals surface area contributed by atoms with E-state index in [9.17, 15) is 4.79 Å². The zero-order chi connectivity index (χ0) is 10.4. The third-order valence-corrected chi connectivity index (χ3v) is 2.75. The molecule has 0 aromatic heterocycles. The van der Waals surface area contributed by atoms with E-state index in [0.717, 1.165) is 6.54 Å². The number of nitrogens with zero attached hydrogens (tertiary/aromatic N) is 1. The maximum Gasteiger partial charge on any atom is 0.234 e. The van der Waals surface area contributed by atoms with Gasteiger partial charge in [-0.15, -0.1) is 0 Å². The second kappa shape index (κ2) is 5.98. The zero-order valence-electron chi connectivity index (χ0n) is 8.96. The first-order chi connectivity index (χ1) is 6.74. The molecule has 0 saturated carbocycles. The number of carbonyl (C=O) groups is 1. The molecule has 1 amide bonds. The summed E-state index contributed by atoms with van der Waals surface area (Å²) in [4.78, 5) is 13.7. The molecule has 1 aliphatic rings. The quantitative estimate of drug-likeness (QED) is 0.666. The van der Waals surface area contributed by atoms with Crippen LogP contribution in [-0.4, -0.2) is 43.0 Å². The Morgan fingerprint density at radius 3 is 3.00 bits per heavy atom. The summed E-state index contributed by atoms with van der Waals surface area (Å²) < 4.78 is 0. The first kappa shape index (κ1) is 11.5. The molecule has 14 heavy (non-hydrogen) atoms. The van der Waals surface area contributed by atoms with Crippen molar-refractivity contribution in [2.75, 3.05) is 26.2 Å². The molecule has 1 unspecified atom stereocenters. The molecule has 1 saturated heterocycles. The molecule has 1 aliphatic heterocycles. The lowest BCUT2D eigenvalue weighted by Crippen LogP contribution is -2.45. The maximum absolute atomic E-state index is 11.4. The van der Waals surface area contributed by atoms with Gasteiger partial charge in [-0.3, -0.25) is 9.69 Å². The van der Waals surface area contributed by atoms with Crippen LogP contribution in [0, 0.1) is 0 Å². The molecule has 0 radical (unpaired) electrons. The van der Waals surface area contributed by atoms with E-state index in [0.29, 0.717) is 25.7 Å². The molecule has 1 atom stereocenters. The molecule has 0 aromatic carbocycles. The molecule has 4 nitrogen and oxygen atoms in total. The summed E-state index contributed by atoms with van der Waals surface area (Å²) >= 11 is 0. The Labute approximate surface area is 85.8 Å². The van der Waals surface area contributed by atoms with Crippen molar-refractivity contribution < 1.29 is 4.79 Å². The van der Waals surface area contributed by atoms with Gasteiger partial charge in [0.25, 0.3) is 0 Å². The van der Waals surface area contributed by atoms with Gasteiger partial charge in [-0.05, 0) is 26.3 Å². The minimum Gasteiger partial charge on any atom is -0.354 e. The molecule has 0 bridgehead atoms. The molecule has 1 rings (SSSR count). The van der Waals surface area contributed by atoms with Crippen LogP contribution in [0.25, 0.3) is 0 Å². The third kappa shape index (κ3) is 3.64. The van der Waals surface area contributed by atoms with Crippen molar-refractivity contribution in [3.63, 3.8) is 0 Å². The first-order valence-electron chi connectivity index (χ1n) is 5.45. The van der Waals surface area contributed by atoms with Crippen molar-refractivity contribution in [1.82, 2.24) is 10.2 Å². The lowest BCUT2D eigenvalue weighted by molar-refractivity contribution is -0.123. The molecule has 3 N–H and O–H groups in total. The molecular formula is C10H21N3O. The molecule has 4 heteroatoms. The van der Waals surface area contributed by atoms with Crippen molar-refractivity contribution in [2.45, 2.75) is 32.2 Å². The minimum absolute atomic E-state index is 0.101. The minimum atomic E-state index is 0.101. The highest BCUT2D eigenvalue weighted by molar-refractivity contribution is 5.78. The van der Waals surface area contributed by atoms with Crippen molar-refractivity contribution >= 4 is 5.91 Å². The Bertz CT molecular complexity index is 184. The first-order valence-corrected chi connectivity index (χ1v) is 5.45. The van der Waals surface area contributed by atoms with E-state index in [1.54, 1.807) is 0 Å². The van der Waals surface area contributed by atoms with Crippen LogP contribution in [0.15, 0.2) is 0 Å². The number of likely N-dealkylation sites (tertiary alicyclic amines) is 1. The van der Waals surface area contributed by atoms with Crippen molar-refractivity contribution in [3.05, 3.63) is 0 Å². The van der Waals surface area contributed by atoms with E-state index in [1.807, 2.05) is 0 Å². The molecule has 1 heterocycles. The largest absolute Gasteiger partial charge is 0.354 e. The Hall–Kier alpha value is -0.610. The van der Waals surface area contributed by atoms with Crippen molar-refractivity contribution in [2.24, 2.45) is 5.73 Å². The van der Waals surface area contributed by atoms with E-state index >= 15 is 0 Å². The van der Waals surface area contributed by atoms with E-state index in [4.69, 9.17) is 5.73 Å². The van der Waals surface area contributed by atoms with Gasteiger partial charge in [-0.25, -0.2) is 0 Å². The van der Waals surface area contributed by atoms with Crippen LogP contribution < -0.4 is 11.1 Å². The second-order valence-electron chi connectivity index (χ2n) is 3.95. The highest BCUT2D eigenvalue weighted by Crippen LogP contribution is 2.15. The number of rotatable bonds is 4. The van der Waals surface area contributed by atoms with Gasteiger partial charge in [-0.2, -0.15) is 0 Å². The number of amides is 1. The third-order valence-electron chi connectivity index (χ3n) is 2.75. The van der Waals surface area contributed by atoms with Crippen LogP contribution in [0.5, 0.6) is 0 Å². The predicted octanol–water partition coefficient (Wildman–Crippen LogP) is -0.0643. The van der Waals surface area contributed by atoms with Crippen LogP contribution in [-0.2, 0) is 4.79 Å². The molecule has 82 valence electrons. The molecular weight excluding hydrogens is 178 g/mol. The van der Waals surface area contributed by atoms with Crippen LogP contribution in [0.4, 0.5) is 0 Å². The van der Waals surface area contributed by atoms with Crippen LogP contribution >= 0.6 is 0 Å². The summed E-state index contributed by atoms with van der Waals surface area (Å²) in [5, 5.41) is 2.79. The zero-order valence-corrected chi connectivity index (χ0v) is 8.96. The Morgan fingerprint density at radius 2 is 2.36 bits per heavy atom. The fraction of sp³-hybridized carbons (Fsp3) is 0.900. The number of hydrogen-bond acceptors (Lipinski definition) is 3. The van der Waals surface area contributed by atoms with Crippen molar-refractivity contribution in [1.29, 1.82) is 0 Å². The molecule has 1 fully saturated rings. The monoisotopic (exact) mass is 199 g/mol. The van der Waals surface area contributed by atoms with E-state index in [1.165, 1.54) is 19.3 Å². The maximum atomic E-state index is 11.4. The lowest BCUT2D eigenvalue weighted by atomic mass is 10.0. The highest BCUT2D eigenvalue weighted by Gasteiger charge is 2.19. The number of nitrogens with one attached hydrogen (secondary N) is 1. The van der Waals surface area contributed by atoms with Gasteiger partial charge in [0.1, 0.15) is 0 Å². The van der Waals surface area contributed by atoms with Crippen LogP contribution in [0.3, 0.4) is 0 Å². The summed E-state index contributed by atoms with van der Waals surface area (Å²) in [6.45, 7) is 4.87. The van der Waals surface area contributed by atoms with Gasteiger partial charge < -0.3 is 11.1 Å². The van der Waals surface area contributed by atoms with Gasteiger partial charge in [0.05, 0.1) is 6.54 Å². The van der Waals surface area contributed by atoms with E-state index in [2.05, 4.69) is 17.1 Å². The Balaban J connectivity index is 2.23. The molecule has 0 aromatic rings. The normalized spacial score (nSPS) is 23.4. The van der Waals surface area contributed by atoms with Crippen LogP contribution in [0.2, 0.25) is 0 Å². The van der Waals surface area contributed by atoms with Gasteiger partial charge in [0.15, 0.2) is 0 Å². The van der Waals surface area contributed by atoms with E-state index in [-0.39, 0.29) is 5.91 Å². The number of piperidine rings is 1. The topological polar surface area (TPSA) is 58.4 Å². The summed E-state index contributed by atoms with van der Waals surface area (Å²) in [6.07, 6.45) is 3.72. The number of hydrogen-bond donors (Lipinski definition) is 2. The summed E-state index contributed by atoms with van der Waals surface area (Å²) in [6, 6.07) is 0.548. The van der Waals surface area contributed by atoms with Crippen molar-refractivity contribution in [3.8, 4) is 0 Å². The summed E-state index contributed by atoms with van der Waals surface area (Å²) in [7, 11) is 0. The Morgan fingerprint density at radius 1 is 1.57 bits per heavy atom. The van der Waals surface area contributed by atoms with Gasteiger partial charge in [0, 0.05) is 19.1 Å². The van der Waals surface area contributed by atoms with Gasteiger partial charge >= 0.3 is 0 Å². The highest BCUT2D eigenvalue weighted by atomic mass is 16.2. The second-order valence-corrected chi connectivity index (χ2v) is 3.95. The lowest BCUT2D eigenvalue weighted by Gasteiger charge is -2.32. The fourth-order valence-corrected chi connectivity index (χ4v) is 1.84. The molecule has 0 spiro atoms. The average Bonchev–Trinajstić information content (AvgIpc) is 2.18. The Kier molecular flexibility index (Phi) is 4.90. The van der Waals surface area contributed by atoms with E-state index < -0.39 is 0 Å². The number of carbonyl (C=O) groups excluding carboxylic acids is 1. The van der Waals surface area contributed by atoms with Gasteiger partial charge in [-0.1, -0.05) is 6.42 Å². The average molecular weight is 199 g/mol. The smallest absolute Gasteiger partial charge is 0.234 e. The summed E-state index contributed by atoms with van der Waals surface area (Å²) in [5.41, 5.74) is 5.31. The predicted molar refractivity (Wildman–Crippen MR) is 57.0 cm³/mol. The van der Waals surface area contributed by atoms with Crippen LogP contribution in [0.1, 0.15) is 26.2 Å². The summed E-state index contributed by atoms with van der Waals surface area (Å²) in [5.74, 6) is 0.101. The molecule has 0 aliphatic carbocycles. The standard InChI is InChI=1S/C10H21N3O/c1-9-4-2-3-7-13(9)8-10(14)12-6-5-11/h9H,2-8,11H2,1H3,(H,12,14). The van der Waals surface area contributed by atoms with Gasteiger partial charge in [0.2, 0.25) is 5.91 Å². The fourth-order valence-electron chi connectivity index (χ4n) is 1.84. The number of nitrogens with two attached hydrogens (primary N) is 1. The SMILES string of the molecule is CC1CCCCN1CC(=O)NCCN.